The van der Waals surface area contributed by atoms with Gasteiger partial charge in [-0.1, -0.05) is 48.9 Å². The normalized spacial score (nSPS) is 11.3. The molecule has 16 heavy (non-hydrogen) atoms. The minimum atomic E-state index is -0.786. The first kappa shape index (κ1) is 12.4. The minimum Gasteiger partial charge on any atom is -0.265 e. The van der Waals surface area contributed by atoms with Crippen molar-refractivity contribution in [1.82, 2.24) is 5.23 Å². The molecule has 0 aromatic heterocycles. The van der Waals surface area contributed by atoms with Crippen LogP contribution in [0.25, 0.3) is 6.08 Å². The molecule has 0 aliphatic carbocycles. The molecule has 0 aliphatic rings. The highest BCUT2D eigenvalue weighted by molar-refractivity contribution is 5.96. The maximum Gasteiger partial charge on any atom is 0.299 e. The second kappa shape index (κ2) is 6.05. The van der Waals surface area contributed by atoms with E-state index in [0.29, 0.717) is 12.0 Å². The van der Waals surface area contributed by atoms with Gasteiger partial charge in [-0.2, -0.15) is 0 Å². The molecule has 0 radical (unpaired) electrons. The Morgan fingerprint density at radius 3 is 2.44 bits per heavy atom. The molecule has 0 heterocycles. The fourth-order valence-electron chi connectivity index (χ4n) is 1.39. The van der Waals surface area contributed by atoms with Gasteiger partial charge in [0.2, 0.25) is 0 Å². The van der Waals surface area contributed by atoms with Crippen molar-refractivity contribution in [2.75, 3.05) is 0 Å². The summed E-state index contributed by atoms with van der Waals surface area (Å²) in [6, 6.07) is 9.29. The number of hydroxylamine groups is 2. The Balaban J connectivity index is 2.93. The maximum atomic E-state index is 11.4. The van der Waals surface area contributed by atoms with Crippen LogP contribution in [0, 0.1) is 0 Å². The Morgan fingerprint density at radius 2 is 1.94 bits per heavy atom. The quantitative estimate of drug-likeness (QED) is 0.466. The third-order valence-electron chi connectivity index (χ3n) is 2.12. The van der Waals surface area contributed by atoms with E-state index in [1.807, 2.05) is 37.3 Å². The lowest BCUT2D eigenvalue weighted by atomic mass is 10.1. The van der Waals surface area contributed by atoms with E-state index in [1.54, 1.807) is 6.08 Å². The Bertz CT molecular complexity index is 371. The van der Waals surface area contributed by atoms with Gasteiger partial charge >= 0.3 is 0 Å². The molecule has 0 aliphatic heterocycles. The van der Waals surface area contributed by atoms with Crippen molar-refractivity contribution in [1.29, 1.82) is 0 Å². The molecular formula is C12H15NO3. The Morgan fingerprint density at radius 1 is 1.31 bits per heavy atom. The maximum absolute atomic E-state index is 11.4. The molecule has 4 heteroatoms. The minimum absolute atomic E-state index is 0.371. The smallest absolute Gasteiger partial charge is 0.265 e. The second-order valence-corrected chi connectivity index (χ2v) is 3.42. The molecule has 1 amide bonds. The predicted molar refractivity (Wildman–Crippen MR) is 59.7 cm³/mol. The summed E-state index contributed by atoms with van der Waals surface area (Å²) < 4.78 is 0. The largest absolute Gasteiger partial charge is 0.299 e. The van der Waals surface area contributed by atoms with Crippen LogP contribution in [0.2, 0.25) is 0 Å². The van der Waals surface area contributed by atoms with Gasteiger partial charge in [0, 0.05) is 5.57 Å². The lowest BCUT2D eigenvalue weighted by Crippen LogP contribution is -2.24. The van der Waals surface area contributed by atoms with E-state index in [9.17, 15) is 4.79 Å². The van der Waals surface area contributed by atoms with E-state index in [0.717, 1.165) is 12.0 Å². The van der Waals surface area contributed by atoms with Gasteiger partial charge in [0.15, 0.2) is 0 Å². The van der Waals surface area contributed by atoms with Gasteiger partial charge in [-0.15, -0.1) is 0 Å². The number of carbonyl (C=O) groups is 1. The van der Waals surface area contributed by atoms with Crippen molar-refractivity contribution in [2.45, 2.75) is 19.8 Å². The monoisotopic (exact) mass is 221 g/mol. The summed E-state index contributed by atoms with van der Waals surface area (Å²) >= 11 is 0. The van der Waals surface area contributed by atoms with Crippen LogP contribution in [0.15, 0.2) is 35.9 Å². The summed E-state index contributed by atoms with van der Waals surface area (Å²) in [5.74, 6) is -0.786. The molecule has 1 rings (SSSR count). The summed E-state index contributed by atoms with van der Waals surface area (Å²) in [5, 5.41) is 17.0. The standard InChI is InChI=1S/C12H15NO3/c1-2-6-11(12(14)13(15)16)9-10-7-4-3-5-8-10/h3-5,7-9,15-16H,2,6H2,1H3. The molecule has 1 aromatic carbocycles. The third kappa shape index (κ3) is 3.49. The molecule has 0 saturated carbocycles. The molecular weight excluding hydrogens is 206 g/mol. The van der Waals surface area contributed by atoms with Crippen molar-refractivity contribution in [3.05, 3.63) is 41.5 Å². The van der Waals surface area contributed by atoms with Crippen molar-refractivity contribution < 1.29 is 15.2 Å². The molecule has 0 spiro atoms. The van der Waals surface area contributed by atoms with E-state index in [2.05, 4.69) is 0 Å². The zero-order chi connectivity index (χ0) is 12.0. The third-order valence-corrected chi connectivity index (χ3v) is 2.12. The van der Waals surface area contributed by atoms with Gasteiger partial charge in [-0.25, -0.2) is 0 Å². The van der Waals surface area contributed by atoms with E-state index >= 15 is 0 Å². The molecule has 0 bridgehead atoms. The van der Waals surface area contributed by atoms with Crippen LogP contribution in [0.1, 0.15) is 25.3 Å². The number of hydrogen-bond acceptors (Lipinski definition) is 3. The Labute approximate surface area is 94.3 Å². The van der Waals surface area contributed by atoms with Crippen LogP contribution < -0.4 is 0 Å². The molecule has 0 unspecified atom stereocenters. The van der Waals surface area contributed by atoms with Crippen LogP contribution in [0.4, 0.5) is 0 Å². The zero-order valence-electron chi connectivity index (χ0n) is 9.13. The summed E-state index contributed by atoms with van der Waals surface area (Å²) in [6.07, 6.45) is 2.93. The lowest BCUT2D eigenvalue weighted by molar-refractivity contribution is -0.281. The van der Waals surface area contributed by atoms with Gasteiger partial charge in [0.25, 0.3) is 5.91 Å². The van der Waals surface area contributed by atoms with Gasteiger partial charge in [0.1, 0.15) is 0 Å². The first-order valence-electron chi connectivity index (χ1n) is 5.13. The number of nitrogens with zero attached hydrogens (tertiary/aromatic N) is 1. The number of hydrogen-bond donors (Lipinski definition) is 2. The van der Waals surface area contributed by atoms with Gasteiger partial charge in [0.05, 0.1) is 0 Å². The highest BCUT2D eigenvalue weighted by Gasteiger charge is 2.13. The first-order chi connectivity index (χ1) is 7.65. The van der Waals surface area contributed by atoms with Gasteiger partial charge in [-0.3, -0.25) is 15.2 Å². The average molecular weight is 221 g/mol. The van der Waals surface area contributed by atoms with Gasteiger partial charge < -0.3 is 0 Å². The molecule has 86 valence electrons. The van der Waals surface area contributed by atoms with Crippen molar-refractivity contribution in [3.63, 3.8) is 0 Å². The van der Waals surface area contributed by atoms with Crippen molar-refractivity contribution in [3.8, 4) is 0 Å². The molecule has 0 atom stereocenters. The highest BCUT2D eigenvalue weighted by Crippen LogP contribution is 2.13. The fourth-order valence-corrected chi connectivity index (χ4v) is 1.39. The van der Waals surface area contributed by atoms with Crippen LogP contribution in [0.5, 0.6) is 0 Å². The Hall–Kier alpha value is -1.65. The number of rotatable bonds is 4. The van der Waals surface area contributed by atoms with Crippen molar-refractivity contribution in [2.24, 2.45) is 0 Å². The molecule has 0 fully saturated rings. The first-order valence-corrected chi connectivity index (χ1v) is 5.13. The topological polar surface area (TPSA) is 60.8 Å². The number of carbonyl (C=O) groups excluding carboxylic acids is 1. The van der Waals surface area contributed by atoms with Gasteiger partial charge in [-0.05, 0) is 18.1 Å². The summed E-state index contributed by atoms with van der Waals surface area (Å²) in [6.45, 7) is 1.92. The average Bonchev–Trinajstić information content (AvgIpc) is 2.29. The van der Waals surface area contributed by atoms with Crippen LogP contribution in [-0.4, -0.2) is 21.5 Å². The van der Waals surface area contributed by atoms with E-state index in [-0.39, 0.29) is 5.23 Å². The van der Waals surface area contributed by atoms with E-state index in [1.165, 1.54) is 0 Å². The number of amides is 1. The van der Waals surface area contributed by atoms with E-state index in [4.69, 9.17) is 10.4 Å². The summed E-state index contributed by atoms with van der Waals surface area (Å²) in [7, 11) is 0. The Kier molecular flexibility index (Phi) is 4.69. The summed E-state index contributed by atoms with van der Waals surface area (Å²) in [5.41, 5.74) is 1.24. The molecule has 4 nitrogen and oxygen atoms in total. The molecule has 1 aromatic rings. The summed E-state index contributed by atoms with van der Waals surface area (Å²) in [4.78, 5) is 11.4. The predicted octanol–water partition coefficient (Wildman–Crippen LogP) is 2.48. The van der Waals surface area contributed by atoms with E-state index < -0.39 is 5.91 Å². The molecule has 0 saturated heterocycles. The molecule has 2 N–H and O–H groups in total. The van der Waals surface area contributed by atoms with Crippen LogP contribution in [-0.2, 0) is 4.79 Å². The number of benzene rings is 1. The van der Waals surface area contributed by atoms with Crippen LogP contribution in [0.3, 0.4) is 0 Å². The second-order valence-electron chi connectivity index (χ2n) is 3.42. The van der Waals surface area contributed by atoms with Crippen LogP contribution >= 0.6 is 0 Å². The van der Waals surface area contributed by atoms with Crippen molar-refractivity contribution >= 4 is 12.0 Å². The SMILES string of the molecule is CCCC(=Cc1ccccc1)C(=O)N(O)O. The lowest BCUT2D eigenvalue weighted by Gasteiger charge is -2.09. The highest BCUT2D eigenvalue weighted by atomic mass is 16.8. The zero-order valence-corrected chi connectivity index (χ0v) is 9.13. The fraction of sp³-hybridized carbons (Fsp3) is 0.250.